The van der Waals surface area contributed by atoms with Gasteiger partial charge < -0.3 is 37.2 Å². The van der Waals surface area contributed by atoms with E-state index in [1.807, 2.05) is 0 Å². The largest absolute Gasteiger partial charge is 0.310 e. The second-order valence-electron chi connectivity index (χ2n) is 34.8. The summed E-state index contributed by atoms with van der Waals surface area (Å²) in [5.74, 6) is 0. The molecule has 586 valence electrons. The van der Waals surface area contributed by atoms with E-state index < -0.39 is 0 Å². The Morgan fingerprint density at radius 2 is 0.468 bits per heavy atom. The number of para-hydroxylation sites is 7. The topological polar surface area (TPSA) is 30.6 Å². The lowest BCUT2D eigenvalue weighted by Gasteiger charge is -2.29. The molecule has 0 aliphatic carbocycles. The van der Waals surface area contributed by atoms with Crippen LogP contribution in [0.5, 0.6) is 0 Å². The first-order valence-corrected chi connectivity index (χ1v) is 43.3. The number of hydrogen-bond acceptors (Lipinski definition) is 4. The van der Waals surface area contributed by atoms with E-state index in [0.29, 0.717) is 0 Å². The molecular weight excluding hydrogens is 1510 g/mol. The summed E-state index contributed by atoms with van der Waals surface area (Å²) in [7, 11) is 0. The van der Waals surface area contributed by atoms with Gasteiger partial charge in [0.05, 0.1) is 88.9 Å². The summed E-state index contributed by atoms with van der Waals surface area (Å²) in [6.45, 7) is 15.6. The van der Waals surface area contributed by atoms with Crippen molar-refractivity contribution in [3.8, 4) is 0 Å². The summed E-state index contributed by atoms with van der Waals surface area (Å²) in [6.07, 6.45) is 0.740. The molecule has 0 atom stereocenters. The van der Waals surface area contributed by atoms with Crippen LogP contribution >= 0.6 is 0 Å². The van der Waals surface area contributed by atoms with Crippen molar-refractivity contribution >= 4 is 221 Å². The molecule has 26 aromatic rings. The van der Waals surface area contributed by atoms with Gasteiger partial charge in [-0.25, -0.2) is 0 Å². The standard InChI is InChI=1S/C116H82N8/c1-68-44-52-93(73(6)58-68)117(77-27-11-8-12-28-77)99-54-48-81-89-64-106-90(65-105(89)121-95-38-21-17-34-85(95)109(99)113(81)121)82-49-55-100(110-86-35-18-22-39-96(86)122(106)114(82)110)118(78-29-13-9-14-30-78)94-53-47-76(61-74(94)7)62-75-26-25-33-80(63-75)120(104-60-70(3)43-46-72(104)5)102-57-51-84-92-67-107-91(66-108(92)124-98-41-24-20-37-88(98)112(102)116(84)124)83-50-56-101(111-87-36-19-23-40-97(87)123(107)115(83)111)119(79-31-15-10-16-32-79)103-59-69(2)42-45-71(103)4/h8-61,63-67H,62H2,1-7H3. The van der Waals surface area contributed by atoms with Crippen LogP contribution in [0.1, 0.15) is 50.1 Å². The minimum Gasteiger partial charge on any atom is -0.310 e. The first-order valence-electron chi connectivity index (χ1n) is 43.3. The molecule has 0 aliphatic heterocycles. The molecule has 0 spiro atoms. The molecule has 0 saturated heterocycles. The van der Waals surface area contributed by atoms with Crippen LogP contribution in [0, 0.1) is 48.5 Å². The number of nitrogens with zero attached hydrogens (tertiary/aromatic N) is 8. The maximum absolute atomic E-state index is 2.58. The van der Waals surface area contributed by atoms with Crippen LogP contribution in [0.3, 0.4) is 0 Å². The van der Waals surface area contributed by atoms with Gasteiger partial charge >= 0.3 is 0 Å². The number of aromatic nitrogens is 4. The molecule has 26 rings (SSSR count). The third-order valence-corrected chi connectivity index (χ3v) is 27.4. The van der Waals surface area contributed by atoms with Gasteiger partial charge in [-0.2, -0.15) is 0 Å². The van der Waals surface area contributed by atoms with E-state index in [-0.39, 0.29) is 0 Å². The Hall–Kier alpha value is -15.6. The molecule has 0 N–H and O–H groups in total. The highest BCUT2D eigenvalue weighted by atomic mass is 15.2. The second kappa shape index (κ2) is 26.2. The van der Waals surface area contributed by atoms with Gasteiger partial charge in [-0.1, -0.05) is 218 Å². The van der Waals surface area contributed by atoms with E-state index in [0.717, 1.165) is 51.9 Å². The molecule has 124 heavy (non-hydrogen) atoms. The molecule has 8 heteroatoms. The van der Waals surface area contributed by atoms with Gasteiger partial charge in [0.25, 0.3) is 0 Å². The quantitative estimate of drug-likeness (QED) is 0.109. The van der Waals surface area contributed by atoms with Crippen LogP contribution in [-0.4, -0.2) is 17.6 Å². The molecule has 0 aliphatic rings. The highest BCUT2D eigenvalue weighted by Crippen LogP contribution is 2.56. The molecule has 0 unspecified atom stereocenters. The van der Waals surface area contributed by atoms with Gasteiger partial charge in [0.15, 0.2) is 0 Å². The highest BCUT2D eigenvalue weighted by molar-refractivity contribution is 6.35. The SMILES string of the molecule is Cc1ccc(N(c2ccccc2)c2ccc3c4cc5c(cc4n4c6ccccc6c2c34)c2ccc(N(c3ccccc3)c3ccc(Cc4cccc(N(c6cc(C)ccc6C)c6ccc7c8cc9c(cc8n8c%10ccccc%10c6c78)c6ccc(N(c7ccccc7)c7cc(C)ccc7C)c7c8ccccc8n9c67)c4)cc3C)c3c4ccccc4n5c23)c(C)c1. The van der Waals surface area contributed by atoms with E-state index in [2.05, 4.69) is 444 Å². The van der Waals surface area contributed by atoms with E-state index in [1.54, 1.807) is 0 Å². The Balaban J connectivity index is 0.592. The van der Waals surface area contributed by atoms with Crippen LogP contribution in [0.4, 0.5) is 68.2 Å². The zero-order valence-corrected chi connectivity index (χ0v) is 69.8. The summed E-state index contributed by atoms with van der Waals surface area (Å²) < 4.78 is 10.3. The van der Waals surface area contributed by atoms with Gasteiger partial charge in [0, 0.05) is 132 Å². The van der Waals surface area contributed by atoms with E-state index in [9.17, 15) is 0 Å². The summed E-state index contributed by atoms with van der Waals surface area (Å²) >= 11 is 0. The fourth-order valence-corrected chi connectivity index (χ4v) is 22.1. The Labute approximate surface area is 715 Å². The zero-order chi connectivity index (χ0) is 82.3. The number of rotatable bonds is 14. The van der Waals surface area contributed by atoms with Crippen molar-refractivity contribution in [2.24, 2.45) is 0 Å². The maximum atomic E-state index is 2.58. The molecule has 0 fully saturated rings. The van der Waals surface area contributed by atoms with E-state index in [4.69, 9.17) is 0 Å². The lowest BCUT2D eigenvalue weighted by Crippen LogP contribution is -2.12. The van der Waals surface area contributed by atoms with Crippen molar-refractivity contribution in [1.29, 1.82) is 0 Å². The molecule has 0 saturated carbocycles. The molecular formula is C116H82N8. The Kier molecular flexibility index (Phi) is 14.8. The van der Waals surface area contributed by atoms with Crippen molar-refractivity contribution in [3.05, 3.63) is 408 Å². The van der Waals surface area contributed by atoms with Crippen molar-refractivity contribution in [2.45, 2.75) is 54.9 Å². The predicted octanol–water partition coefficient (Wildman–Crippen LogP) is 31.9. The number of hydrogen-bond donors (Lipinski definition) is 0. The van der Waals surface area contributed by atoms with Gasteiger partial charge in [-0.3, -0.25) is 0 Å². The van der Waals surface area contributed by atoms with Crippen molar-refractivity contribution < 1.29 is 0 Å². The molecule has 18 aromatic carbocycles. The normalized spacial score (nSPS) is 12.3. The fourth-order valence-electron chi connectivity index (χ4n) is 22.1. The summed E-state index contributed by atoms with van der Waals surface area (Å²) in [5, 5.41) is 19.8. The molecule has 0 bridgehead atoms. The van der Waals surface area contributed by atoms with Crippen LogP contribution < -0.4 is 19.6 Å². The molecule has 8 heterocycles. The minimum absolute atomic E-state index is 0.740. The lowest BCUT2D eigenvalue weighted by molar-refractivity contribution is 1.16. The average molecular weight is 1590 g/mol. The van der Waals surface area contributed by atoms with E-state index in [1.165, 1.54) is 225 Å². The number of benzene rings is 18. The Morgan fingerprint density at radius 3 is 0.831 bits per heavy atom. The number of aryl methyl sites for hydroxylation is 7. The smallest absolute Gasteiger partial charge is 0.0641 e. The van der Waals surface area contributed by atoms with Gasteiger partial charge in [0.2, 0.25) is 0 Å². The van der Waals surface area contributed by atoms with Crippen molar-refractivity contribution in [2.75, 3.05) is 19.6 Å². The monoisotopic (exact) mass is 1590 g/mol. The van der Waals surface area contributed by atoms with Crippen molar-refractivity contribution in [3.63, 3.8) is 0 Å². The Bertz CT molecular complexity index is 8950. The maximum Gasteiger partial charge on any atom is 0.0641 e. The lowest BCUT2D eigenvalue weighted by atomic mass is 9.99. The third-order valence-electron chi connectivity index (χ3n) is 27.4. The zero-order valence-electron chi connectivity index (χ0n) is 69.8. The number of fused-ring (bicyclic) bond motifs is 24. The van der Waals surface area contributed by atoms with Crippen LogP contribution in [-0.2, 0) is 6.42 Å². The van der Waals surface area contributed by atoms with Crippen LogP contribution in [0.25, 0.3) is 152 Å². The summed E-state index contributed by atoms with van der Waals surface area (Å²) in [6, 6.07) is 135. The average Bonchev–Trinajstić information content (AvgIpc) is 1.51. The fraction of sp³-hybridized carbons (Fsp3) is 0.0690. The highest BCUT2D eigenvalue weighted by Gasteiger charge is 2.33. The van der Waals surface area contributed by atoms with Gasteiger partial charge in [0.1, 0.15) is 0 Å². The van der Waals surface area contributed by atoms with E-state index >= 15 is 0 Å². The molecule has 0 radical (unpaired) electrons. The minimum atomic E-state index is 0.740. The first kappa shape index (κ1) is 70.2. The van der Waals surface area contributed by atoms with Crippen molar-refractivity contribution in [1.82, 2.24) is 17.6 Å². The summed E-state index contributed by atoms with van der Waals surface area (Å²) in [4.78, 5) is 10.0. The van der Waals surface area contributed by atoms with Gasteiger partial charge in [-0.15, -0.1) is 0 Å². The molecule has 8 aromatic heterocycles. The molecule has 0 amide bonds. The van der Waals surface area contributed by atoms with Crippen LogP contribution in [0.15, 0.2) is 358 Å². The Morgan fingerprint density at radius 1 is 0.177 bits per heavy atom. The molecule has 8 nitrogen and oxygen atoms in total. The second-order valence-corrected chi connectivity index (χ2v) is 34.8. The van der Waals surface area contributed by atoms with Gasteiger partial charge in [-0.05, 0) is 245 Å². The van der Waals surface area contributed by atoms with Crippen LogP contribution in [0.2, 0.25) is 0 Å². The first-order chi connectivity index (χ1) is 60.9. The summed E-state index contributed by atoms with van der Waals surface area (Å²) in [5.41, 5.74) is 39.4. The third kappa shape index (κ3) is 9.84. The number of anilines is 12. The predicted molar refractivity (Wildman–Crippen MR) is 526 cm³/mol.